The van der Waals surface area contributed by atoms with Crippen LogP contribution < -0.4 is 0 Å². The minimum absolute atomic E-state index is 0.226. The third kappa shape index (κ3) is 3.08. The number of thiophene rings is 1. The molecule has 0 aliphatic rings. The second-order valence-corrected chi connectivity index (χ2v) is 5.47. The van der Waals surface area contributed by atoms with Gasteiger partial charge in [-0.25, -0.2) is 0 Å². The minimum Gasteiger partial charge on any atom is -0.295 e. The lowest BCUT2D eigenvalue weighted by Gasteiger charge is -2.33. The van der Waals surface area contributed by atoms with Crippen LogP contribution in [0.25, 0.3) is 0 Å². The maximum atomic E-state index is 3.54. The van der Waals surface area contributed by atoms with Crippen molar-refractivity contribution in [3.8, 4) is 0 Å². The van der Waals surface area contributed by atoms with Gasteiger partial charge in [-0.15, -0.1) is 11.3 Å². The van der Waals surface area contributed by atoms with E-state index in [1.54, 1.807) is 0 Å². The molecule has 0 atom stereocenters. The smallest absolute Gasteiger partial charge is 0.0330 e. The Morgan fingerprint density at radius 3 is 2.69 bits per heavy atom. The molecule has 0 aliphatic heterocycles. The summed E-state index contributed by atoms with van der Waals surface area (Å²) in [7, 11) is 2.17. The second kappa shape index (κ2) is 4.58. The first-order valence-electron chi connectivity index (χ1n) is 4.36. The molecule has 0 aromatic carbocycles. The molecule has 13 heavy (non-hydrogen) atoms. The van der Waals surface area contributed by atoms with E-state index in [1.807, 2.05) is 11.3 Å². The van der Waals surface area contributed by atoms with Crippen LogP contribution in [0.4, 0.5) is 0 Å². The van der Waals surface area contributed by atoms with Gasteiger partial charge in [0.15, 0.2) is 0 Å². The molecule has 0 spiro atoms. The molecule has 0 radical (unpaired) electrons. The summed E-state index contributed by atoms with van der Waals surface area (Å²) < 4.78 is 0. The van der Waals surface area contributed by atoms with Crippen molar-refractivity contribution in [3.05, 3.63) is 22.4 Å². The summed E-state index contributed by atoms with van der Waals surface area (Å²) in [6.45, 7) is 5.53. The third-order valence-electron chi connectivity index (χ3n) is 2.33. The summed E-state index contributed by atoms with van der Waals surface area (Å²) in [5.74, 6) is 0. The van der Waals surface area contributed by atoms with Gasteiger partial charge >= 0.3 is 0 Å². The molecule has 0 fully saturated rings. The highest BCUT2D eigenvalue weighted by Gasteiger charge is 2.21. The quantitative estimate of drug-likeness (QED) is 0.752. The van der Waals surface area contributed by atoms with Crippen LogP contribution in [0.1, 0.15) is 18.7 Å². The van der Waals surface area contributed by atoms with E-state index < -0.39 is 0 Å². The highest BCUT2D eigenvalue weighted by atomic mass is 79.9. The van der Waals surface area contributed by atoms with Crippen LogP contribution in [0.2, 0.25) is 0 Å². The molecule has 74 valence electrons. The molecule has 0 saturated carbocycles. The van der Waals surface area contributed by atoms with Crippen molar-refractivity contribution in [1.29, 1.82) is 0 Å². The van der Waals surface area contributed by atoms with Crippen molar-refractivity contribution in [2.75, 3.05) is 12.4 Å². The van der Waals surface area contributed by atoms with Gasteiger partial charge in [0.05, 0.1) is 0 Å². The summed E-state index contributed by atoms with van der Waals surface area (Å²) in [6.07, 6.45) is 0. The van der Waals surface area contributed by atoms with E-state index in [0.29, 0.717) is 0 Å². The largest absolute Gasteiger partial charge is 0.295 e. The van der Waals surface area contributed by atoms with Gasteiger partial charge in [-0.1, -0.05) is 22.0 Å². The number of hydrogen-bond donors (Lipinski definition) is 0. The first-order valence-corrected chi connectivity index (χ1v) is 6.36. The molecule has 0 bridgehead atoms. The van der Waals surface area contributed by atoms with Crippen LogP contribution in [0.5, 0.6) is 0 Å². The fourth-order valence-electron chi connectivity index (χ4n) is 0.952. The molecule has 1 rings (SSSR count). The summed E-state index contributed by atoms with van der Waals surface area (Å²) in [5.41, 5.74) is 0.226. The van der Waals surface area contributed by atoms with Crippen molar-refractivity contribution in [3.63, 3.8) is 0 Å². The number of rotatable bonds is 4. The Kier molecular flexibility index (Phi) is 3.95. The third-order valence-corrected chi connectivity index (χ3v) is 4.57. The molecule has 3 heteroatoms. The van der Waals surface area contributed by atoms with Crippen molar-refractivity contribution >= 4 is 27.3 Å². The monoisotopic (exact) mass is 261 g/mol. The van der Waals surface area contributed by atoms with Crippen LogP contribution in [0.15, 0.2) is 17.5 Å². The molecule has 1 aromatic heterocycles. The zero-order valence-electron chi connectivity index (χ0n) is 8.38. The predicted octanol–water partition coefficient (Wildman–Crippen LogP) is 3.35. The topological polar surface area (TPSA) is 3.24 Å². The Labute approximate surface area is 92.9 Å². The van der Waals surface area contributed by atoms with Gasteiger partial charge in [-0.05, 0) is 32.3 Å². The van der Waals surface area contributed by atoms with E-state index >= 15 is 0 Å². The molecule has 1 heterocycles. The summed E-state index contributed by atoms with van der Waals surface area (Å²) in [5, 5.41) is 3.13. The van der Waals surface area contributed by atoms with E-state index in [1.165, 1.54) is 4.88 Å². The molecular formula is C10H16BrNS. The summed E-state index contributed by atoms with van der Waals surface area (Å²) >= 11 is 5.36. The Morgan fingerprint density at radius 1 is 1.54 bits per heavy atom. The molecule has 1 aromatic rings. The van der Waals surface area contributed by atoms with Crippen LogP contribution in [0.3, 0.4) is 0 Å². The van der Waals surface area contributed by atoms with E-state index in [9.17, 15) is 0 Å². The van der Waals surface area contributed by atoms with Gasteiger partial charge in [0.1, 0.15) is 0 Å². The molecule has 0 amide bonds. The van der Waals surface area contributed by atoms with Crippen molar-refractivity contribution in [1.82, 2.24) is 4.90 Å². The standard InChI is InChI=1S/C10H16BrNS/c1-10(2,8-11)12(3)7-9-5-4-6-13-9/h4-6H,7-8H2,1-3H3. The van der Waals surface area contributed by atoms with E-state index in [0.717, 1.165) is 11.9 Å². The molecule has 1 nitrogen and oxygen atoms in total. The van der Waals surface area contributed by atoms with Gasteiger partial charge in [0, 0.05) is 22.3 Å². The Balaban J connectivity index is 2.55. The van der Waals surface area contributed by atoms with E-state index in [2.05, 4.69) is 59.2 Å². The molecule has 0 N–H and O–H groups in total. The van der Waals surface area contributed by atoms with Gasteiger partial charge in [-0.3, -0.25) is 4.90 Å². The highest BCUT2D eigenvalue weighted by molar-refractivity contribution is 9.09. The lowest BCUT2D eigenvalue weighted by atomic mass is 10.1. The van der Waals surface area contributed by atoms with Crippen LogP contribution in [0, 0.1) is 0 Å². The number of halogens is 1. The maximum absolute atomic E-state index is 3.54. The average Bonchev–Trinajstić information content (AvgIpc) is 2.57. The zero-order valence-corrected chi connectivity index (χ0v) is 10.8. The first-order chi connectivity index (χ1) is 6.06. The number of alkyl halides is 1. The summed E-state index contributed by atoms with van der Waals surface area (Å²) in [4.78, 5) is 3.80. The Hall–Kier alpha value is 0.140. The number of hydrogen-bond acceptors (Lipinski definition) is 2. The molecule has 0 aliphatic carbocycles. The van der Waals surface area contributed by atoms with Gasteiger partial charge in [0.2, 0.25) is 0 Å². The minimum atomic E-state index is 0.226. The number of nitrogens with zero attached hydrogens (tertiary/aromatic N) is 1. The van der Waals surface area contributed by atoms with Crippen LogP contribution in [-0.4, -0.2) is 22.8 Å². The Morgan fingerprint density at radius 2 is 2.23 bits per heavy atom. The van der Waals surface area contributed by atoms with Crippen molar-refractivity contribution in [2.45, 2.75) is 25.9 Å². The van der Waals surface area contributed by atoms with Gasteiger partial charge in [-0.2, -0.15) is 0 Å². The van der Waals surface area contributed by atoms with E-state index in [-0.39, 0.29) is 5.54 Å². The molecular weight excluding hydrogens is 246 g/mol. The predicted molar refractivity (Wildman–Crippen MR) is 63.7 cm³/mol. The van der Waals surface area contributed by atoms with E-state index in [4.69, 9.17) is 0 Å². The average molecular weight is 262 g/mol. The fraction of sp³-hybridized carbons (Fsp3) is 0.600. The van der Waals surface area contributed by atoms with Crippen molar-refractivity contribution < 1.29 is 0 Å². The van der Waals surface area contributed by atoms with Gasteiger partial charge < -0.3 is 0 Å². The lowest BCUT2D eigenvalue weighted by Crippen LogP contribution is -2.41. The summed E-state index contributed by atoms with van der Waals surface area (Å²) in [6, 6.07) is 4.29. The fourth-order valence-corrected chi connectivity index (χ4v) is 2.14. The molecule has 0 unspecified atom stereocenters. The zero-order chi connectivity index (χ0) is 9.90. The van der Waals surface area contributed by atoms with Gasteiger partial charge in [0.25, 0.3) is 0 Å². The first kappa shape index (κ1) is 11.2. The maximum Gasteiger partial charge on any atom is 0.0330 e. The Bertz CT molecular complexity index is 243. The lowest BCUT2D eigenvalue weighted by molar-refractivity contribution is 0.175. The second-order valence-electron chi connectivity index (χ2n) is 3.88. The SMILES string of the molecule is CN(Cc1cccs1)C(C)(C)CBr. The molecule has 0 saturated heterocycles. The van der Waals surface area contributed by atoms with Crippen LogP contribution in [-0.2, 0) is 6.54 Å². The van der Waals surface area contributed by atoms with Crippen molar-refractivity contribution in [2.24, 2.45) is 0 Å². The normalized spacial score (nSPS) is 12.4. The highest BCUT2D eigenvalue weighted by Crippen LogP contribution is 2.19. The van der Waals surface area contributed by atoms with Crippen LogP contribution >= 0.6 is 27.3 Å².